The number of nitrogens with zero attached hydrogens (tertiary/aromatic N) is 1. The molecule has 0 radical (unpaired) electrons. The maximum absolute atomic E-state index is 8.79. The van der Waals surface area contributed by atoms with Gasteiger partial charge in [0.15, 0.2) is 0 Å². The molecule has 1 unspecified atom stereocenters. The Bertz CT molecular complexity index is 444. The van der Waals surface area contributed by atoms with E-state index in [2.05, 4.69) is 18.3 Å². The van der Waals surface area contributed by atoms with Crippen LogP contribution in [0.1, 0.15) is 43.7 Å². The van der Waals surface area contributed by atoms with Crippen molar-refractivity contribution < 1.29 is 0 Å². The average Bonchev–Trinajstić information content (AvgIpc) is 2.90. The van der Waals surface area contributed by atoms with Gasteiger partial charge in [-0.1, -0.05) is 30.5 Å². The minimum atomic E-state index is 0.541. The van der Waals surface area contributed by atoms with E-state index < -0.39 is 0 Å². The third-order valence-corrected chi connectivity index (χ3v) is 4.26. The molecule has 2 nitrogen and oxygen atoms in total. The molecule has 1 N–H and O–H groups in total. The summed E-state index contributed by atoms with van der Waals surface area (Å²) in [5.74, 6) is 0.808. The van der Waals surface area contributed by atoms with Gasteiger partial charge in [-0.2, -0.15) is 5.26 Å². The molecule has 0 amide bonds. The summed E-state index contributed by atoms with van der Waals surface area (Å²) in [4.78, 5) is 0. The number of benzene rings is 1. The highest BCUT2D eigenvalue weighted by Gasteiger charge is 2.21. The van der Waals surface area contributed by atoms with E-state index in [1.165, 1.54) is 25.7 Å². The van der Waals surface area contributed by atoms with Gasteiger partial charge in [0.1, 0.15) is 0 Å². The van der Waals surface area contributed by atoms with Gasteiger partial charge in [0.2, 0.25) is 0 Å². The Morgan fingerprint density at radius 3 is 2.78 bits per heavy atom. The molecule has 0 spiro atoms. The summed E-state index contributed by atoms with van der Waals surface area (Å²) >= 11 is 6.16. The molecule has 1 aliphatic carbocycles. The van der Waals surface area contributed by atoms with Crippen LogP contribution in [0.4, 0.5) is 0 Å². The Labute approximate surface area is 114 Å². The molecule has 1 aromatic carbocycles. The lowest BCUT2D eigenvalue weighted by atomic mass is 9.99. The first-order valence-electron chi connectivity index (χ1n) is 6.62. The van der Waals surface area contributed by atoms with Crippen LogP contribution in [0.25, 0.3) is 0 Å². The van der Waals surface area contributed by atoms with Crippen LogP contribution in [0, 0.1) is 17.2 Å². The van der Waals surface area contributed by atoms with Crippen molar-refractivity contribution in [1.29, 1.82) is 5.26 Å². The monoisotopic (exact) mass is 262 g/mol. The van der Waals surface area contributed by atoms with Gasteiger partial charge in [-0.3, -0.25) is 0 Å². The SMILES string of the molecule is CC(NCc1ccc(C#N)cc1Cl)C1CCCC1. The fourth-order valence-corrected chi connectivity index (χ4v) is 2.90. The van der Waals surface area contributed by atoms with Crippen molar-refractivity contribution in [2.75, 3.05) is 0 Å². The van der Waals surface area contributed by atoms with Crippen LogP contribution in [0.15, 0.2) is 18.2 Å². The first kappa shape index (κ1) is 13.4. The topological polar surface area (TPSA) is 35.8 Å². The zero-order chi connectivity index (χ0) is 13.0. The van der Waals surface area contributed by atoms with Crippen molar-refractivity contribution in [2.24, 2.45) is 5.92 Å². The fraction of sp³-hybridized carbons (Fsp3) is 0.533. The first-order chi connectivity index (χ1) is 8.70. The molecular weight excluding hydrogens is 244 g/mol. The van der Waals surface area contributed by atoms with Gasteiger partial charge < -0.3 is 5.32 Å². The lowest BCUT2D eigenvalue weighted by Gasteiger charge is -2.20. The van der Waals surface area contributed by atoms with Crippen molar-refractivity contribution in [2.45, 2.75) is 45.2 Å². The van der Waals surface area contributed by atoms with E-state index in [0.29, 0.717) is 16.6 Å². The van der Waals surface area contributed by atoms with E-state index in [1.54, 1.807) is 6.07 Å². The zero-order valence-electron chi connectivity index (χ0n) is 10.7. The number of halogens is 1. The number of hydrogen-bond acceptors (Lipinski definition) is 2. The molecule has 2 rings (SSSR count). The predicted molar refractivity (Wildman–Crippen MR) is 74.4 cm³/mol. The Balaban J connectivity index is 1.91. The number of nitriles is 1. The van der Waals surface area contributed by atoms with Crippen molar-refractivity contribution >= 4 is 11.6 Å². The van der Waals surface area contributed by atoms with Crippen molar-refractivity contribution in [3.05, 3.63) is 34.3 Å². The summed E-state index contributed by atoms with van der Waals surface area (Å²) in [5.41, 5.74) is 1.69. The summed E-state index contributed by atoms with van der Waals surface area (Å²) in [6.07, 6.45) is 5.42. The fourth-order valence-electron chi connectivity index (χ4n) is 2.66. The molecule has 1 fully saturated rings. The van der Waals surface area contributed by atoms with Gasteiger partial charge in [0, 0.05) is 17.6 Å². The first-order valence-corrected chi connectivity index (χ1v) is 7.00. The van der Waals surface area contributed by atoms with E-state index in [1.807, 2.05) is 12.1 Å². The van der Waals surface area contributed by atoms with E-state index in [9.17, 15) is 0 Å². The van der Waals surface area contributed by atoms with Gasteiger partial charge in [-0.05, 0) is 43.4 Å². The average molecular weight is 263 g/mol. The van der Waals surface area contributed by atoms with Crippen LogP contribution in [0.2, 0.25) is 5.02 Å². The summed E-state index contributed by atoms with van der Waals surface area (Å²) in [6, 6.07) is 8.14. The third-order valence-electron chi connectivity index (χ3n) is 3.90. The van der Waals surface area contributed by atoms with Crippen LogP contribution in [0.3, 0.4) is 0 Å². The van der Waals surface area contributed by atoms with Gasteiger partial charge in [-0.15, -0.1) is 0 Å². The molecule has 1 aromatic rings. The van der Waals surface area contributed by atoms with Crippen molar-refractivity contribution in [3.8, 4) is 6.07 Å². The molecular formula is C15H19ClN2. The third kappa shape index (κ3) is 3.25. The van der Waals surface area contributed by atoms with E-state index in [4.69, 9.17) is 16.9 Å². The highest BCUT2D eigenvalue weighted by Crippen LogP contribution is 2.28. The lowest BCUT2D eigenvalue weighted by molar-refractivity contribution is 0.380. The van der Waals surface area contributed by atoms with E-state index >= 15 is 0 Å². The van der Waals surface area contributed by atoms with Gasteiger partial charge in [0.05, 0.1) is 11.6 Å². The summed E-state index contributed by atoms with van der Waals surface area (Å²) in [7, 11) is 0. The Hall–Kier alpha value is -1.04. The molecule has 0 aliphatic heterocycles. The Kier molecular flexibility index (Phi) is 4.63. The largest absolute Gasteiger partial charge is 0.310 e. The zero-order valence-corrected chi connectivity index (χ0v) is 11.5. The van der Waals surface area contributed by atoms with Crippen LogP contribution in [-0.4, -0.2) is 6.04 Å². The van der Waals surface area contributed by atoms with E-state index in [0.717, 1.165) is 18.0 Å². The number of rotatable bonds is 4. The molecule has 1 saturated carbocycles. The smallest absolute Gasteiger partial charge is 0.0992 e. The summed E-state index contributed by atoms with van der Waals surface area (Å²) < 4.78 is 0. The van der Waals surface area contributed by atoms with Crippen molar-refractivity contribution in [1.82, 2.24) is 5.32 Å². The normalized spacial score (nSPS) is 17.6. The second kappa shape index (κ2) is 6.22. The Morgan fingerprint density at radius 2 is 2.17 bits per heavy atom. The second-order valence-electron chi connectivity index (χ2n) is 5.13. The quantitative estimate of drug-likeness (QED) is 0.894. The molecule has 1 atom stereocenters. The summed E-state index contributed by atoms with van der Waals surface area (Å²) in [6.45, 7) is 3.04. The maximum atomic E-state index is 8.79. The molecule has 0 heterocycles. The molecule has 18 heavy (non-hydrogen) atoms. The molecule has 1 aliphatic rings. The molecule has 3 heteroatoms. The lowest BCUT2D eigenvalue weighted by Crippen LogP contribution is -2.31. The molecule has 0 bridgehead atoms. The Morgan fingerprint density at radius 1 is 1.44 bits per heavy atom. The highest BCUT2D eigenvalue weighted by molar-refractivity contribution is 6.31. The van der Waals surface area contributed by atoms with Gasteiger partial charge in [0.25, 0.3) is 0 Å². The van der Waals surface area contributed by atoms with Crippen LogP contribution < -0.4 is 5.32 Å². The minimum Gasteiger partial charge on any atom is -0.310 e. The summed E-state index contributed by atoms with van der Waals surface area (Å²) in [5, 5.41) is 13.0. The predicted octanol–water partition coefficient (Wildman–Crippen LogP) is 3.88. The minimum absolute atomic E-state index is 0.541. The number of hydrogen-bond donors (Lipinski definition) is 1. The highest BCUT2D eigenvalue weighted by atomic mass is 35.5. The number of nitrogens with one attached hydrogen (secondary N) is 1. The molecule has 0 saturated heterocycles. The van der Waals surface area contributed by atoms with Crippen LogP contribution in [0.5, 0.6) is 0 Å². The van der Waals surface area contributed by atoms with Gasteiger partial charge >= 0.3 is 0 Å². The van der Waals surface area contributed by atoms with Crippen molar-refractivity contribution in [3.63, 3.8) is 0 Å². The maximum Gasteiger partial charge on any atom is 0.0992 e. The standard InChI is InChI=1S/C15H19ClN2/c1-11(13-4-2-3-5-13)18-10-14-7-6-12(9-17)8-15(14)16/h6-8,11,13,18H,2-5,10H2,1H3. The van der Waals surface area contributed by atoms with Crippen LogP contribution >= 0.6 is 11.6 Å². The van der Waals surface area contributed by atoms with Gasteiger partial charge in [-0.25, -0.2) is 0 Å². The molecule has 96 valence electrons. The van der Waals surface area contributed by atoms with E-state index in [-0.39, 0.29) is 0 Å². The molecule has 0 aromatic heterocycles. The van der Waals surface area contributed by atoms with Crippen LogP contribution in [-0.2, 0) is 6.54 Å². The second-order valence-corrected chi connectivity index (χ2v) is 5.54.